The maximum Gasteiger partial charge on any atom is 0.311 e. The summed E-state index contributed by atoms with van der Waals surface area (Å²) in [5, 5.41) is 15.4. The monoisotopic (exact) mass is 269 g/mol. The van der Waals surface area contributed by atoms with Crippen LogP contribution in [0.3, 0.4) is 0 Å². The minimum absolute atomic E-state index is 0.0400. The van der Waals surface area contributed by atoms with E-state index >= 15 is 0 Å². The summed E-state index contributed by atoms with van der Waals surface area (Å²) in [6.07, 6.45) is 8.50. The topological polar surface area (TPSA) is 68.1 Å². The summed E-state index contributed by atoms with van der Waals surface area (Å²) in [5.74, 6) is 0. The van der Waals surface area contributed by atoms with Gasteiger partial charge in [0.05, 0.1) is 10.4 Å². The zero-order chi connectivity index (χ0) is 13.9. The van der Waals surface area contributed by atoms with Crippen molar-refractivity contribution < 1.29 is 4.92 Å². The molecule has 1 N–H and O–H groups in total. The summed E-state index contributed by atoms with van der Waals surface area (Å²) in [4.78, 5) is 15.0. The average Bonchev–Trinajstić information content (AvgIpc) is 2.48. The molecular formula is C15H15N3O2. The Balaban J connectivity index is 2.07. The Hall–Kier alpha value is -2.43. The van der Waals surface area contributed by atoms with E-state index in [0.29, 0.717) is 5.69 Å². The molecule has 0 bridgehead atoms. The van der Waals surface area contributed by atoms with Crippen LogP contribution < -0.4 is 5.32 Å². The molecule has 1 aliphatic carbocycles. The molecule has 1 aromatic heterocycles. The van der Waals surface area contributed by atoms with E-state index in [1.165, 1.54) is 6.20 Å². The number of nitrogens with one attached hydrogen (secondary N) is 1. The Morgan fingerprint density at radius 1 is 1.30 bits per heavy atom. The van der Waals surface area contributed by atoms with Crippen LogP contribution in [0.1, 0.15) is 19.3 Å². The highest BCUT2D eigenvalue weighted by molar-refractivity contribution is 5.95. The molecule has 3 rings (SSSR count). The predicted molar refractivity (Wildman–Crippen MR) is 78.8 cm³/mol. The number of benzene rings is 1. The number of para-hydroxylation sites is 1. The molecule has 0 saturated carbocycles. The maximum atomic E-state index is 11.2. The number of anilines is 1. The lowest BCUT2D eigenvalue weighted by molar-refractivity contribution is -0.384. The molecule has 1 aliphatic rings. The molecule has 0 aliphatic heterocycles. The average molecular weight is 269 g/mol. The van der Waals surface area contributed by atoms with Crippen LogP contribution in [-0.4, -0.2) is 15.9 Å². The van der Waals surface area contributed by atoms with E-state index in [1.54, 1.807) is 0 Å². The number of fused-ring (bicyclic) bond motifs is 1. The minimum Gasteiger partial charge on any atom is -0.376 e. The summed E-state index contributed by atoms with van der Waals surface area (Å²) in [6.45, 7) is 0. The Morgan fingerprint density at radius 3 is 2.90 bits per heavy atom. The largest absolute Gasteiger partial charge is 0.376 e. The molecule has 1 aromatic carbocycles. The number of allylic oxidation sites excluding steroid dienone is 1. The molecule has 5 heteroatoms. The first-order valence-corrected chi connectivity index (χ1v) is 6.69. The van der Waals surface area contributed by atoms with E-state index in [4.69, 9.17) is 0 Å². The van der Waals surface area contributed by atoms with Gasteiger partial charge in [0.15, 0.2) is 0 Å². The molecule has 0 amide bonds. The molecule has 0 fully saturated rings. The molecule has 0 spiro atoms. The fourth-order valence-electron chi connectivity index (χ4n) is 2.55. The van der Waals surface area contributed by atoms with Crippen molar-refractivity contribution >= 4 is 22.3 Å². The molecule has 0 saturated heterocycles. The first-order chi connectivity index (χ1) is 9.75. The van der Waals surface area contributed by atoms with E-state index in [9.17, 15) is 10.1 Å². The predicted octanol–water partition coefficient (Wildman–Crippen LogP) is 3.66. The molecule has 5 nitrogen and oxygen atoms in total. The number of rotatable bonds is 3. The fraction of sp³-hybridized carbons (Fsp3) is 0.267. The third kappa shape index (κ3) is 2.34. The molecule has 20 heavy (non-hydrogen) atoms. The highest BCUT2D eigenvalue weighted by atomic mass is 16.6. The van der Waals surface area contributed by atoms with E-state index in [2.05, 4.69) is 22.5 Å². The van der Waals surface area contributed by atoms with Crippen LogP contribution in [0, 0.1) is 10.1 Å². The Kier molecular flexibility index (Phi) is 3.33. The lowest BCUT2D eigenvalue weighted by Crippen LogP contribution is -2.21. The Labute approximate surface area is 116 Å². The van der Waals surface area contributed by atoms with Crippen molar-refractivity contribution in [3.63, 3.8) is 0 Å². The normalized spacial score (nSPS) is 18.1. The van der Waals surface area contributed by atoms with Gasteiger partial charge >= 0.3 is 5.69 Å². The van der Waals surface area contributed by atoms with Crippen molar-refractivity contribution in [2.24, 2.45) is 0 Å². The van der Waals surface area contributed by atoms with Crippen molar-refractivity contribution in [3.05, 3.63) is 52.7 Å². The van der Waals surface area contributed by atoms with Crippen LogP contribution in [0.2, 0.25) is 0 Å². The summed E-state index contributed by atoms with van der Waals surface area (Å²) in [7, 11) is 0. The van der Waals surface area contributed by atoms with Crippen molar-refractivity contribution in [2.75, 3.05) is 5.32 Å². The highest BCUT2D eigenvalue weighted by Crippen LogP contribution is 2.33. The summed E-state index contributed by atoms with van der Waals surface area (Å²) in [6, 6.07) is 7.74. The van der Waals surface area contributed by atoms with E-state index in [-0.39, 0.29) is 16.7 Å². The van der Waals surface area contributed by atoms with Crippen LogP contribution in [-0.2, 0) is 0 Å². The van der Waals surface area contributed by atoms with Gasteiger partial charge in [-0.05, 0) is 25.3 Å². The summed E-state index contributed by atoms with van der Waals surface area (Å²) in [5.41, 5.74) is 1.39. The van der Waals surface area contributed by atoms with Gasteiger partial charge in [-0.3, -0.25) is 10.1 Å². The molecule has 1 atom stereocenters. The number of aromatic nitrogens is 1. The third-order valence-corrected chi connectivity index (χ3v) is 3.57. The molecule has 1 unspecified atom stereocenters. The number of pyridine rings is 1. The second-order valence-corrected chi connectivity index (χ2v) is 4.92. The first kappa shape index (κ1) is 12.6. The van der Waals surface area contributed by atoms with Crippen LogP contribution in [0.25, 0.3) is 10.9 Å². The fourth-order valence-corrected chi connectivity index (χ4v) is 2.55. The number of nitrogens with zero attached hydrogens (tertiary/aromatic N) is 2. The van der Waals surface area contributed by atoms with Gasteiger partial charge in [0.25, 0.3) is 0 Å². The van der Waals surface area contributed by atoms with Crippen molar-refractivity contribution in [1.82, 2.24) is 4.98 Å². The smallest absolute Gasteiger partial charge is 0.311 e. The molecule has 102 valence electrons. The van der Waals surface area contributed by atoms with Gasteiger partial charge in [0.2, 0.25) is 0 Å². The van der Waals surface area contributed by atoms with Gasteiger partial charge < -0.3 is 5.32 Å². The molecular weight excluding hydrogens is 254 g/mol. The van der Waals surface area contributed by atoms with Crippen LogP contribution in [0.5, 0.6) is 0 Å². The van der Waals surface area contributed by atoms with Crippen molar-refractivity contribution in [3.8, 4) is 0 Å². The first-order valence-electron chi connectivity index (χ1n) is 6.69. The van der Waals surface area contributed by atoms with Crippen LogP contribution in [0.4, 0.5) is 11.4 Å². The molecule has 2 aromatic rings. The van der Waals surface area contributed by atoms with Gasteiger partial charge in [0.1, 0.15) is 11.9 Å². The lowest BCUT2D eigenvalue weighted by Gasteiger charge is -2.21. The van der Waals surface area contributed by atoms with Crippen LogP contribution in [0.15, 0.2) is 42.6 Å². The maximum absolute atomic E-state index is 11.2. The van der Waals surface area contributed by atoms with Crippen molar-refractivity contribution in [1.29, 1.82) is 0 Å². The molecule has 0 radical (unpaired) electrons. The Bertz CT molecular complexity index is 682. The summed E-state index contributed by atoms with van der Waals surface area (Å²) >= 11 is 0. The summed E-state index contributed by atoms with van der Waals surface area (Å²) < 4.78 is 0. The standard InChI is InChI=1S/C15H15N3O2/c19-18(20)14-10-16-13-9-5-4-8-12(13)15(14)17-11-6-2-1-3-7-11/h1-2,4-5,8-11H,3,6-7H2,(H,16,17). The quantitative estimate of drug-likeness (QED) is 0.524. The number of hydrogen-bond acceptors (Lipinski definition) is 4. The molecule has 1 heterocycles. The zero-order valence-electron chi connectivity index (χ0n) is 11.0. The SMILES string of the molecule is O=[N+]([O-])c1cnc2ccccc2c1NC1CC=CCC1. The van der Waals surface area contributed by atoms with Gasteiger partial charge in [0, 0.05) is 11.4 Å². The van der Waals surface area contributed by atoms with Crippen LogP contribution >= 0.6 is 0 Å². The minimum atomic E-state index is -0.375. The van der Waals surface area contributed by atoms with E-state index < -0.39 is 0 Å². The van der Waals surface area contributed by atoms with E-state index in [1.807, 2.05) is 24.3 Å². The van der Waals surface area contributed by atoms with E-state index in [0.717, 1.165) is 30.2 Å². The lowest BCUT2D eigenvalue weighted by atomic mass is 10.0. The Morgan fingerprint density at radius 2 is 2.15 bits per heavy atom. The van der Waals surface area contributed by atoms with Gasteiger partial charge in [-0.25, -0.2) is 4.98 Å². The number of hydrogen-bond donors (Lipinski definition) is 1. The van der Waals surface area contributed by atoms with Crippen molar-refractivity contribution in [2.45, 2.75) is 25.3 Å². The zero-order valence-corrected chi connectivity index (χ0v) is 11.0. The highest BCUT2D eigenvalue weighted by Gasteiger charge is 2.20. The number of nitro groups is 1. The van der Waals surface area contributed by atoms with Gasteiger partial charge in [-0.15, -0.1) is 0 Å². The second-order valence-electron chi connectivity index (χ2n) is 4.92. The third-order valence-electron chi connectivity index (χ3n) is 3.57. The van der Waals surface area contributed by atoms with Gasteiger partial charge in [-0.1, -0.05) is 30.4 Å². The second kappa shape index (κ2) is 5.28. The van der Waals surface area contributed by atoms with Gasteiger partial charge in [-0.2, -0.15) is 0 Å².